The van der Waals surface area contributed by atoms with E-state index < -0.39 is 18.0 Å². The number of aliphatic imine (C=N–C) groups is 1. The molecule has 1 atom stereocenters. The van der Waals surface area contributed by atoms with E-state index in [4.69, 9.17) is 16.2 Å². The molecule has 0 aliphatic carbocycles. The lowest BCUT2D eigenvalue weighted by atomic mass is 9.89. The zero-order chi connectivity index (χ0) is 13.3. The number of allylic oxidation sites excluding steroid dienone is 1. The Morgan fingerprint density at radius 1 is 1.39 bits per heavy atom. The molecule has 0 spiro atoms. The second-order valence-corrected chi connectivity index (χ2v) is 4.10. The van der Waals surface area contributed by atoms with Crippen molar-refractivity contribution >= 4 is 11.7 Å². The maximum absolute atomic E-state index is 13.8. The molecule has 96 valence electrons. The summed E-state index contributed by atoms with van der Waals surface area (Å²) in [5.41, 5.74) is 9.92. The lowest BCUT2D eigenvalue weighted by Crippen LogP contribution is -2.34. The number of anilines is 1. The van der Waals surface area contributed by atoms with Gasteiger partial charge in [0.1, 0.15) is 23.8 Å². The number of rotatable bonds is 2. The first kappa shape index (κ1) is 12.3. The summed E-state index contributed by atoms with van der Waals surface area (Å²) in [5.74, 6) is -0.230. The Bertz CT molecular complexity index is 522. The molecule has 0 saturated carbocycles. The highest BCUT2D eigenvalue weighted by Gasteiger charge is 2.36. The van der Waals surface area contributed by atoms with Crippen molar-refractivity contribution in [2.75, 3.05) is 12.4 Å². The Balaban J connectivity index is 2.63. The van der Waals surface area contributed by atoms with Crippen LogP contribution in [0.3, 0.4) is 0 Å². The molecule has 1 aliphatic heterocycles. The van der Waals surface area contributed by atoms with Crippen molar-refractivity contribution in [3.05, 3.63) is 41.4 Å². The molecule has 0 saturated heterocycles. The van der Waals surface area contributed by atoms with Crippen LogP contribution in [0, 0.1) is 5.82 Å². The van der Waals surface area contributed by atoms with Gasteiger partial charge in [-0.25, -0.2) is 13.8 Å². The Labute approximate surface area is 103 Å². The van der Waals surface area contributed by atoms with Crippen LogP contribution in [0.15, 0.2) is 35.0 Å². The third-order valence-electron chi connectivity index (χ3n) is 2.68. The zero-order valence-electron chi connectivity index (χ0n) is 9.78. The largest absolute Gasteiger partial charge is 0.431 e. The van der Waals surface area contributed by atoms with Crippen LogP contribution in [0.1, 0.15) is 12.5 Å². The van der Waals surface area contributed by atoms with Crippen LogP contribution >= 0.6 is 0 Å². The Morgan fingerprint density at radius 3 is 2.72 bits per heavy atom. The predicted octanol–water partition coefficient (Wildman–Crippen LogP) is 1.82. The first-order valence-electron chi connectivity index (χ1n) is 5.31. The number of benzene rings is 1. The van der Waals surface area contributed by atoms with Crippen molar-refractivity contribution < 1.29 is 13.5 Å². The SMILES string of the molecule is CC1=C[C@@](CF)(c2cc(N)ccc2F)N=C(N)O1. The average molecular weight is 253 g/mol. The first-order valence-corrected chi connectivity index (χ1v) is 5.31. The number of nitrogens with zero attached hydrogens (tertiary/aromatic N) is 1. The standard InChI is InChI=1S/C12H13F2N3O/c1-7-5-12(6-13,17-11(16)18-7)9-4-8(15)2-3-10(9)14/h2-5H,6,15H2,1H3,(H2,16,17)/t12-/m1/s1. The van der Waals surface area contributed by atoms with E-state index in [1.54, 1.807) is 6.92 Å². The van der Waals surface area contributed by atoms with Gasteiger partial charge in [0.25, 0.3) is 6.02 Å². The summed E-state index contributed by atoms with van der Waals surface area (Å²) < 4.78 is 32.2. The van der Waals surface area contributed by atoms with E-state index in [0.717, 1.165) is 0 Å². The molecular formula is C12H13F2N3O. The second kappa shape index (κ2) is 4.29. The molecule has 1 aromatic rings. The van der Waals surface area contributed by atoms with Gasteiger partial charge in [0.05, 0.1) is 0 Å². The highest BCUT2D eigenvalue weighted by Crippen LogP contribution is 2.35. The fourth-order valence-corrected chi connectivity index (χ4v) is 1.94. The van der Waals surface area contributed by atoms with Crippen LogP contribution in [0.2, 0.25) is 0 Å². The lowest BCUT2D eigenvalue weighted by Gasteiger charge is -2.28. The first-order chi connectivity index (χ1) is 8.47. The van der Waals surface area contributed by atoms with E-state index in [1.807, 2.05) is 0 Å². The third kappa shape index (κ3) is 2.01. The van der Waals surface area contributed by atoms with E-state index in [9.17, 15) is 8.78 Å². The summed E-state index contributed by atoms with van der Waals surface area (Å²) in [7, 11) is 0. The number of hydrogen-bond acceptors (Lipinski definition) is 4. The molecule has 2 rings (SSSR count). The summed E-state index contributed by atoms with van der Waals surface area (Å²) in [4.78, 5) is 3.88. The van der Waals surface area contributed by atoms with E-state index in [1.165, 1.54) is 24.3 Å². The van der Waals surface area contributed by atoms with E-state index in [2.05, 4.69) is 4.99 Å². The Morgan fingerprint density at radius 2 is 2.11 bits per heavy atom. The molecule has 1 aromatic carbocycles. The van der Waals surface area contributed by atoms with Crippen LogP contribution in [-0.4, -0.2) is 12.7 Å². The van der Waals surface area contributed by atoms with Crippen molar-refractivity contribution in [2.45, 2.75) is 12.5 Å². The highest BCUT2D eigenvalue weighted by atomic mass is 19.1. The summed E-state index contributed by atoms with van der Waals surface area (Å²) in [6.07, 6.45) is 1.39. The van der Waals surface area contributed by atoms with Gasteiger partial charge in [-0.3, -0.25) is 0 Å². The molecule has 0 amide bonds. The fourth-order valence-electron chi connectivity index (χ4n) is 1.94. The van der Waals surface area contributed by atoms with Crippen LogP contribution < -0.4 is 11.5 Å². The smallest absolute Gasteiger partial charge is 0.288 e. The van der Waals surface area contributed by atoms with Crippen molar-refractivity contribution in [1.29, 1.82) is 0 Å². The zero-order valence-corrected chi connectivity index (χ0v) is 9.78. The molecule has 4 N–H and O–H groups in total. The van der Waals surface area contributed by atoms with Gasteiger partial charge in [0.15, 0.2) is 0 Å². The van der Waals surface area contributed by atoms with Crippen molar-refractivity contribution in [1.82, 2.24) is 0 Å². The number of nitrogen functional groups attached to an aromatic ring is 1. The van der Waals surface area contributed by atoms with E-state index in [0.29, 0.717) is 11.4 Å². The molecule has 18 heavy (non-hydrogen) atoms. The molecular weight excluding hydrogens is 240 g/mol. The molecule has 0 radical (unpaired) electrons. The minimum absolute atomic E-state index is 0.0376. The number of nitrogens with two attached hydrogens (primary N) is 2. The molecule has 0 unspecified atom stereocenters. The molecule has 1 aliphatic rings. The van der Waals surface area contributed by atoms with E-state index >= 15 is 0 Å². The van der Waals surface area contributed by atoms with Gasteiger partial charge >= 0.3 is 0 Å². The van der Waals surface area contributed by atoms with Crippen LogP contribution in [-0.2, 0) is 10.3 Å². The summed E-state index contributed by atoms with van der Waals surface area (Å²) >= 11 is 0. The normalized spacial score (nSPS) is 23.1. The second-order valence-electron chi connectivity index (χ2n) is 4.10. The summed E-state index contributed by atoms with van der Waals surface area (Å²) in [6, 6.07) is 3.72. The molecule has 4 nitrogen and oxygen atoms in total. The number of alkyl halides is 1. The number of halogens is 2. The van der Waals surface area contributed by atoms with Gasteiger partial charge in [-0.2, -0.15) is 0 Å². The van der Waals surface area contributed by atoms with Crippen molar-refractivity contribution in [3.63, 3.8) is 0 Å². The third-order valence-corrected chi connectivity index (χ3v) is 2.68. The number of hydrogen-bond donors (Lipinski definition) is 2. The molecule has 0 aromatic heterocycles. The average Bonchev–Trinajstić information content (AvgIpc) is 2.31. The monoisotopic (exact) mass is 253 g/mol. The van der Waals surface area contributed by atoms with Gasteiger partial charge in [-0.1, -0.05) is 0 Å². The maximum atomic E-state index is 13.8. The van der Waals surface area contributed by atoms with Crippen LogP contribution in [0.4, 0.5) is 14.5 Å². The summed E-state index contributed by atoms with van der Waals surface area (Å²) in [5, 5.41) is 0. The molecule has 1 heterocycles. The molecule has 6 heteroatoms. The number of amidine groups is 1. The quantitative estimate of drug-likeness (QED) is 0.789. The van der Waals surface area contributed by atoms with Crippen molar-refractivity contribution in [3.8, 4) is 0 Å². The molecule has 0 fully saturated rings. The van der Waals surface area contributed by atoms with Gasteiger partial charge < -0.3 is 16.2 Å². The van der Waals surface area contributed by atoms with Gasteiger partial charge in [0, 0.05) is 11.3 Å². The van der Waals surface area contributed by atoms with Crippen LogP contribution in [0.25, 0.3) is 0 Å². The number of ether oxygens (including phenoxy) is 1. The van der Waals surface area contributed by atoms with Crippen LogP contribution in [0.5, 0.6) is 0 Å². The minimum Gasteiger partial charge on any atom is -0.431 e. The van der Waals surface area contributed by atoms with Gasteiger partial charge in [0.2, 0.25) is 0 Å². The van der Waals surface area contributed by atoms with Crippen molar-refractivity contribution in [2.24, 2.45) is 10.7 Å². The van der Waals surface area contributed by atoms with E-state index in [-0.39, 0.29) is 11.6 Å². The van der Waals surface area contributed by atoms with Gasteiger partial charge in [-0.15, -0.1) is 0 Å². The topological polar surface area (TPSA) is 73.6 Å². The molecule has 0 bridgehead atoms. The maximum Gasteiger partial charge on any atom is 0.288 e. The fraction of sp³-hybridized carbons (Fsp3) is 0.250. The lowest BCUT2D eigenvalue weighted by molar-refractivity contribution is 0.308. The minimum atomic E-state index is -1.51. The predicted molar refractivity (Wildman–Crippen MR) is 64.9 cm³/mol. The highest BCUT2D eigenvalue weighted by molar-refractivity contribution is 5.75. The Hall–Kier alpha value is -2.11. The Kier molecular flexibility index (Phi) is 2.94. The summed E-state index contributed by atoms with van der Waals surface area (Å²) in [6.45, 7) is 0.658. The van der Waals surface area contributed by atoms with Gasteiger partial charge in [-0.05, 0) is 31.2 Å².